The number of ether oxygens (including phenoxy) is 3. The van der Waals surface area contributed by atoms with E-state index in [9.17, 15) is 9.59 Å². The van der Waals surface area contributed by atoms with Crippen LogP contribution in [0.5, 0.6) is 11.5 Å². The van der Waals surface area contributed by atoms with Crippen LogP contribution in [0.4, 0.5) is 5.69 Å². The second kappa shape index (κ2) is 9.82. The Hall–Kier alpha value is -4.39. The third-order valence-corrected chi connectivity index (χ3v) is 5.01. The Labute approximate surface area is 190 Å². The fourth-order valence-corrected chi connectivity index (χ4v) is 3.36. The third-order valence-electron chi connectivity index (χ3n) is 5.01. The first kappa shape index (κ1) is 21.8. The normalized spacial score (nSPS) is 10.5. The van der Waals surface area contributed by atoms with Gasteiger partial charge in [0.2, 0.25) is 0 Å². The van der Waals surface area contributed by atoms with Crippen molar-refractivity contribution in [3.8, 4) is 22.8 Å². The molecule has 7 heteroatoms. The lowest BCUT2D eigenvalue weighted by molar-refractivity contribution is -0.119. The molecular formula is C26H22N2O5. The van der Waals surface area contributed by atoms with Crippen LogP contribution < -0.4 is 14.8 Å². The minimum Gasteiger partial charge on any atom is -0.497 e. The first-order valence-electron chi connectivity index (χ1n) is 10.2. The van der Waals surface area contributed by atoms with Gasteiger partial charge in [-0.15, -0.1) is 0 Å². The van der Waals surface area contributed by atoms with Gasteiger partial charge < -0.3 is 19.5 Å². The maximum Gasteiger partial charge on any atom is 0.339 e. The summed E-state index contributed by atoms with van der Waals surface area (Å²) >= 11 is 0. The molecule has 0 saturated heterocycles. The van der Waals surface area contributed by atoms with Crippen molar-refractivity contribution in [3.63, 3.8) is 0 Å². The number of para-hydroxylation sites is 1. The number of rotatable bonds is 7. The van der Waals surface area contributed by atoms with E-state index in [0.29, 0.717) is 33.6 Å². The molecule has 4 rings (SSSR count). The number of carbonyl (C=O) groups excluding carboxylic acids is 2. The lowest BCUT2D eigenvalue weighted by atomic mass is 10.0. The standard InChI is InChI=1S/C26H22N2O5/c1-31-19-12-10-17(11-13-19)24-15-22(21-8-3-4-9-23(21)28-24)26(30)33-16-25(29)27-18-6-5-7-20(14-18)32-2/h3-15H,16H2,1-2H3,(H,27,29). The van der Waals surface area contributed by atoms with E-state index in [1.807, 2.05) is 42.5 Å². The molecule has 3 aromatic carbocycles. The number of pyridine rings is 1. The van der Waals surface area contributed by atoms with Crippen molar-refractivity contribution in [3.05, 3.63) is 84.4 Å². The van der Waals surface area contributed by atoms with E-state index < -0.39 is 18.5 Å². The first-order chi connectivity index (χ1) is 16.1. The van der Waals surface area contributed by atoms with Gasteiger partial charge in [0.05, 0.1) is 31.0 Å². The van der Waals surface area contributed by atoms with Crippen LogP contribution in [-0.4, -0.2) is 37.7 Å². The number of nitrogens with one attached hydrogen (secondary N) is 1. The number of methoxy groups -OCH3 is 2. The number of benzene rings is 3. The van der Waals surface area contributed by atoms with Gasteiger partial charge in [-0.05, 0) is 48.5 Å². The molecule has 1 heterocycles. The van der Waals surface area contributed by atoms with Crippen LogP contribution in [0.25, 0.3) is 22.2 Å². The Morgan fingerprint density at radius 1 is 0.848 bits per heavy atom. The molecule has 0 fully saturated rings. The predicted octanol–water partition coefficient (Wildman–Crippen LogP) is 4.71. The van der Waals surface area contributed by atoms with Gasteiger partial charge in [0.15, 0.2) is 6.61 Å². The minimum absolute atomic E-state index is 0.334. The summed E-state index contributed by atoms with van der Waals surface area (Å²) in [7, 11) is 3.14. The van der Waals surface area contributed by atoms with E-state index in [2.05, 4.69) is 10.3 Å². The summed E-state index contributed by atoms with van der Waals surface area (Å²) < 4.78 is 15.7. The Morgan fingerprint density at radius 2 is 1.61 bits per heavy atom. The van der Waals surface area contributed by atoms with Gasteiger partial charge in [0, 0.05) is 22.7 Å². The number of esters is 1. The molecule has 0 saturated carbocycles. The summed E-state index contributed by atoms with van der Waals surface area (Å²) in [5.74, 6) is 0.273. The van der Waals surface area contributed by atoms with Gasteiger partial charge in [-0.2, -0.15) is 0 Å². The zero-order chi connectivity index (χ0) is 23.2. The van der Waals surface area contributed by atoms with Gasteiger partial charge in [-0.3, -0.25) is 4.79 Å². The average molecular weight is 442 g/mol. The number of amides is 1. The molecule has 0 unspecified atom stereocenters. The van der Waals surface area contributed by atoms with Crippen molar-refractivity contribution in [2.24, 2.45) is 0 Å². The zero-order valence-electron chi connectivity index (χ0n) is 18.2. The highest BCUT2D eigenvalue weighted by atomic mass is 16.5. The molecule has 7 nitrogen and oxygen atoms in total. The van der Waals surface area contributed by atoms with Crippen molar-refractivity contribution in [1.82, 2.24) is 4.98 Å². The number of fused-ring (bicyclic) bond motifs is 1. The lowest BCUT2D eigenvalue weighted by Gasteiger charge is -2.11. The molecule has 0 aliphatic heterocycles. The van der Waals surface area contributed by atoms with Gasteiger partial charge in [-0.1, -0.05) is 24.3 Å². The summed E-state index contributed by atoms with van der Waals surface area (Å²) in [4.78, 5) is 29.9. The second-order valence-electron chi connectivity index (χ2n) is 7.16. The van der Waals surface area contributed by atoms with Crippen LogP contribution in [-0.2, 0) is 9.53 Å². The average Bonchev–Trinajstić information content (AvgIpc) is 2.86. The van der Waals surface area contributed by atoms with Crippen molar-refractivity contribution in [1.29, 1.82) is 0 Å². The van der Waals surface area contributed by atoms with Crippen molar-refractivity contribution >= 4 is 28.5 Å². The van der Waals surface area contributed by atoms with Crippen LogP contribution >= 0.6 is 0 Å². The maximum absolute atomic E-state index is 12.9. The highest BCUT2D eigenvalue weighted by molar-refractivity contribution is 6.05. The van der Waals surface area contributed by atoms with E-state index in [0.717, 1.165) is 11.3 Å². The fraction of sp³-hybridized carbons (Fsp3) is 0.115. The highest BCUT2D eigenvalue weighted by Crippen LogP contribution is 2.27. The predicted molar refractivity (Wildman–Crippen MR) is 126 cm³/mol. The summed E-state index contributed by atoms with van der Waals surface area (Å²) in [6, 6.07) is 23.3. The Morgan fingerprint density at radius 3 is 2.36 bits per heavy atom. The molecule has 1 amide bonds. The van der Waals surface area contributed by atoms with Gasteiger partial charge in [0.25, 0.3) is 5.91 Å². The topological polar surface area (TPSA) is 86.8 Å². The molecule has 1 N–H and O–H groups in total. The number of carbonyl (C=O) groups is 2. The van der Waals surface area contributed by atoms with Crippen LogP contribution in [0.3, 0.4) is 0 Å². The molecular weight excluding hydrogens is 420 g/mol. The summed E-state index contributed by atoms with van der Waals surface area (Å²) in [5.41, 5.74) is 2.97. The summed E-state index contributed by atoms with van der Waals surface area (Å²) in [5, 5.41) is 3.33. The number of hydrogen-bond acceptors (Lipinski definition) is 6. The van der Waals surface area contributed by atoms with Crippen LogP contribution in [0.2, 0.25) is 0 Å². The van der Waals surface area contributed by atoms with E-state index in [1.54, 1.807) is 50.6 Å². The second-order valence-corrected chi connectivity index (χ2v) is 7.16. The molecule has 0 atom stereocenters. The van der Waals surface area contributed by atoms with Crippen LogP contribution in [0, 0.1) is 0 Å². The smallest absolute Gasteiger partial charge is 0.339 e. The van der Waals surface area contributed by atoms with Gasteiger partial charge in [-0.25, -0.2) is 9.78 Å². The number of aromatic nitrogens is 1. The number of hydrogen-bond donors (Lipinski definition) is 1. The summed E-state index contributed by atoms with van der Waals surface area (Å²) in [6.07, 6.45) is 0. The fourth-order valence-electron chi connectivity index (χ4n) is 3.36. The summed E-state index contributed by atoms with van der Waals surface area (Å²) in [6.45, 7) is -0.426. The third kappa shape index (κ3) is 5.10. The molecule has 0 radical (unpaired) electrons. The Balaban J connectivity index is 1.54. The first-order valence-corrected chi connectivity index (χ1v) is 10.2. The molecule has 0 bridgehead atoms. The number of anilines is 1. The molecule has 4 aromatic rings. The van der Waals surface area contributed by atoms with E-state index in [1.165, 1.54) is 0 Å². The SMILES string of the molecule is COc1ccc(-c2cc(C(=O)OCC(=O)Nc3cccc(OC)c3)c3ccccc3n2)cc1. The minimum atomic E-state index is -0.607. The quantitative estimate of drug-likeness (QED) is 0.417. The molecule has 33 heavy (non-hydrogen) atoms. The monoisotopic (exact) mass is 442 g/mol. The van der Waals surface area contributed by atoms with E-state index >= 15 is 0 Å². The Bertz CT molecular complexity index is 1300. The van der Waals surface area contributed by atoms with Gasteiger partial charge >= 0.3 is 5.97 Å². The lowest BCUT2D eigenvalue weighted by Crippen LogP contribution is -2.21. The highest BCUT2D eigenvalue weighted by Gasteiger charge is 2.17. The van der Waals surface area contributed by atoms with Crippen molar-refractivity contribution in [2.45, 2.75) is 0 Å². The van der Waals surface area contributed by atoms with Gasteiger partial charge in [0.1, 0.15) is 11.5 Å². The van der Waals surface area contributed by atoms with Crippen LogP contribution in [0.1, 0.15) is 10.4 Å². The molecule has 0 aliphatic rings. The molecule has 0 spiro atoms. The van der Waals surface area contributed by atoms with Crippen LogP contribution in [0.15, 0.2) is 78.9 Å². The molecule has 166 valence electrons. The van der Waals surface area contributed by atoms with E-state index in [-0.39, 0.29) is 0 Å². The number of nitrogens with zero attached hydrogens (tertiary/aromatic N) is 1. The van der Waals surface area contributed by atoms with Crippen molar-refractivity contribution in [2.75, 3.05) is 26.1 Å². The Kier molecular flexibility index (Phi) is 6.50. The molecule has 1 aromatic heterocycles. The zero-order valence-corrected chi connectivity index (χ0v) is 18.2. The van der Waals surface area contributed by atoms with Crippen molar-refractivity contribution < 1.29 is 23.8 Å². The van der Waals surface area contributed by atoms with E-state index in [4.69, 9.17) is 14.2 Å². The maximum atomic E-state index is 12.9. The molecule has 0 aliphatic carbocycles. The largest absolute Gasteiger partial charge is 0.497 e.